The van der Waals surface area contributed by atoms with Gasteiger partial charge in [0.15, 0.2) is 11.3 Å². The molecule has 0 aliphatic carbocycles. The van der Waals surface area contributed by atoms with Crippen molar-refractivity contribution in [2.24, 2.45) is 0 Å². The Morgan fingerprint density at radius 2 is 2.26 bits per heavy atom. The largest absolute Gasteiger partial charge is 0.453 e. The van der Waals surface area contributed by atoms with Gasteiger partial charge in [-0.1, -0.05) is 42.9 Å². The van der Waals surface area contributed by atoms with Gasteiger partial charge in [-0.15, -0.1) is 0 Å². The van der Waals surface area contributed by atoms with Gasteiger partial charge in [0, 0.05) is 10.9 Å². The third-order valence-electron chi connectivity index (χ3n) is 3.05. The number of hydrogen-bond donors (Lipinski definition) is 1. The van der Waals surface area contributed by atoms with Crippen LogP contribution in [0.5, 0.6) is 0 Å². The van der Waals surface area contributed by atoms with E-state index < -0.39 is 0 Å². The van der Waals surface area contributed by atoms with Crippen LogP contribution in [-0.4, -0.2) is 9.97 Å². The van der Waals surface area contributed by atoms with Gasteiger partial charge in [0.1, 0.15) is 4.64 Å². The number of aromatic nitrogens is 2. The van der Waals surface area contributed by atoms with E-state index in [1.807, 2.05) is 31.2 Å². The molecule has 5 heteroatoms. The fraction of sp³-hybridized carbons (Fsp3) is 0.143. The van der Waals surface area contributed by atoms with Crippen LogP contribution in [0.25, 0.3) is 22.4 Å². The van der Waals surface area contributed by atoms with Gasteiger partial charge in [0.05, 0.1) is 17.0 Å². The lowest BCUT2D eigenvalue weighted by Gasteiger charge is -2.03. The van der Waals surface area contributed by atoms with E-state index in [4.69, 9.17) is 28.2 Å². The van der Waals surface area contributed by atoms with E-state index in [1.165, 1.54) is 0 Å². The molecule has 0 radical (unpaired) electrons. The van der Waals surface area contributed by atoms with Gasteiger partial charge in [0.2, 0.25) is 0 Å². The smallest absolute Gasteiger partial charge is 0.153 e. The van der Waals surface area contributed by atoms with Crippen molar-refractivity contribution in [3.8, 4) is 11.5 Å². The SMILES string of the molecule is CCc1c(-c2cc3cccc(Cl)c3o2)[nH]cnc1=S. The summed E-state index contributed by atoms with van der Waals surface area (Å²) in [6.45, 7) is 2.04. The first-order valence-corrected chi connectivity index (χ1v) is 6.74. The Morgan fingerprint density at radius 3 is 3.00 bits per heavy atom. The number of rotatable bonds is 2. The first-order valence-electron chi connectivity index (χ1n) is 5.95. The summed E-state index contributed by atoms with van der Waals surface area (Å²) >= 11 is 11.4. The van der Waals surface area contributed by atoms with Crippen LogP contribution < -0.4 is 0 Å². The first kappa shape index (κ1) is 12.4. The number of halogens is 1. The molecule has 3 nitrogen and oxygen atoms in total. The van der Waals surface area contributed by atoms with Gasteiger partial charge >= 0.3 is 0 Å². The second-order valence-corrected chi connectivity index (χ2v) is 4.98. The summed E-state index contributed by atoms with van der Waals surface area (Å²) in [6, 6.07) is 7.64. The number of H-pyrrole nitrogens is 1. The molecule has 1 aromatic carbocycles. The second-order valence-electron chi connectivity index (χ2n) is 4.18. The maximum absolute atomic E-state index is 6.13. The van der Waals surface area contributed by atoms with E-state index in [-0.39, 0.29) is 0 Å². The number of furan rings is 1. The van der Waals surface area contributed by atoms with Crippen molar-refractivity contribution in [2.45, 2.75) is 13.3 Å². The molecule has 3 rings (SSSR count). The zero-order chi connectivity index (χ0) is 13.4. The van der Waals surface area contributed by atoms with Crippen molar-refractivity contribution >= 4 is 34.8 Å². The summed E-state index contributed by atoms with van der Waals surface area (Å²) in [7, 11) is 0. The lowest BCUT2D eigenvalue weighted by molar-refractivity contribution is 0.627. The predicted molar refractivity (Wildman–Crippen MR) is 79.0 cm³/mol. The summed E-state index contributed by atoms with van der Waals surface area (Å²) in [6.07, 6.45) is 2.38. The minimum Gasteiger partial charge on any atom is -0.453 e. The van der Waals surface area contributed by atoms with Crippen LogP contribution in [0.1, 0.15) is 12.5 Å². The fourth-order valence-corrected chi connectivity index (χ4v) is 2.65. The molecule has 3 aromatic rings. The standard InChI is InChI=1S/C14H11ClN2OS/c1-2-9-12(16-7-17-14(9)19)11-6-8-4-3-5-10(15)13(8)18-11/h3-7H,2H2,1H3,(H,16,17,19). The van der Waals surface area contributed by atoms with E-state index in [0.717, 1.165) is 28.8 Å². The maximum Gasteiger partial charge on any atom is 0.153 e. The number of fused-ring (bicyclic) bond motifs is 1. The van der Waals surface area contributed by atoms with E-state index in [0.29, 0.717) is 15.2 Å². The molecule has 0 atom stereocenters. The van der Waals surface area contributed by atoms with Gasteiger partial charge < -0.3 is 9.40 Å². The normalized spacial score (nSPS) is 11.1. The number of nitrogens with one attached hydrogen (secondary N) is 1. The first-order chi connectivity index (χ1) is 9.20. The fourth-order valence-electron chi connectivity index (χ4n) is 2.13. The lowest BCUT2D eigenvalue weighted by Crippen LogP contribution is -1.94. The second kappa shape index (κ2) is 4.79. The van der Waals surface area contributed by atoms with Crippen LogP contribution >= 0.6 is 23.8 Å². The highest BCUT2D eigenvalue weighted by molar-refractivity contribution is 7.71. The molecule has 0 bridgehead atoms. The molecule has 0 unspecified atom stereocenters. The van der Waals surface area contributed by atoms with Gasteiger partial charge in [-0.2, -0.15) is 0 Å². The summed E-state index contributed by atoms with van der Waals surface area (Å²) in [5, 5.41) is 1.58. The molecule has 0 amide bonds. The monoisotopic (exact) mass is 290 g/mol. The van der Waals surface area contributed by atoms with Crippen molar-refractivity contribution in [3.05, 3.63) is 45.8 Å². The predicted octanol–water partition coefficient (Wildman–Crippen LogP) is 4.77. The van der Waals surface area contributed by atoms with Crippen molar-refractivity contribution in [1.29, 1.82) is 0 Å². The zero-order valence-electron chi connectivity index (χ0n) is 10.2. The van der Waals surface area contributed by atoms with Gasteiger partial charge in [-0.05, 0) is 18.6 Å². The molecule has 2 heterocycles. The summed E-state index contributed by atoms with van der Waals surface area (Å²) < 4.78 is 6.44. The van der Waals surface area contributed by atoms with Crippen molar-refractivity contribution in [2.75, 3.05) is 0 Å². The van der Waals surface area contributed by atoms with Crippen LogP contribution in [0.3, 0.4) is 0 Å². The maximum atomic E-state index is 6.13. The van der Waals surface area contributed by atoms with Gasteiger partial charge in [-0.3, -0.25) is 0 Å². The Kier molecular flexibility index (Phi) is 3.12. The lowest BCUT2D eigenvalue weighted by atomic mass is 10.1. The van der Waals surface area contributed by atoms with E-state index in [9.17, 15) is 0 Å². The molecule has 0 fully saturated rings. The third-order valence-corrected chi connectivity index (χ3v) is 3.70. The summed E-state index contributed by atoms with van der Waals surface area (Å²) in [4.78, 5) is 7.21. The molecule has 2 aromatic heterocycles. The molecule has 19 heavy (non-hydrogen) atoms. The Morgan fingerprint density at radius 1 is 1.42 bits per heavy atom. The van der Waals surface area contributed by atoms with Crippen LogP contribution in [0.4, 0.5) is 0 Å². The molecule has 0 aliphatic rings. The van der Waals surface area contributed by atoms with Crippen LogP contribution in [0.2, 0.25) is 5.02 Å². The Hall–Kier alpha value is -1.65. The molecule has 96 valence electrons. The van der Waals surface area contributed by atoms with Crippen molar-refractivity contribution in [1.82, 2.24) is 9.97 Å². The number of hydrogen-bond acceptors (Lipinski definition) is 3. The van der Waals surface area contributed by atoms with Crippen LogP contribution in [-0.2, 0) is 6.42 Å². The average Bonchev–Trinajstić information content (AvgIpc) is 2.84. The van der Waals surface area contributed by atoms with E-state index >= 15 is 0 Å². The molecule has 0 aliphatic heterocycles. The highest BCUT2D eigenvalue weighted by Crippen LogP contribution is 2.32. The quantitative estimate of drug-likeness (QED) is 0.691. The molecular formula is C14H11ClN2OS. The number of aromatic amines is 1. The third kappa shape index (κ3) is 2.07. The topological polar surface area (TPSA) is 41.8 Å². The minimum absolute atomic E-state index is 0.600. The molecular weight excluding hydrogens is 280 g/mol. The number of nitrogens with zero attached hydrogens (tertiary/aromatic N) is 1. The van der Waals surface area contributed by atoms with E-state index in [1.54, 1.807) is 6.33 Å². The Labute approximate surface area is 120 Å². The van der Waals surface area contributed by atoms with E-state index in [2.05, 4.69) is 9.97 Å². The number of para-hydroxylation sites is 1. The van der Waals surface area contributed by atoms with Crippen molar-refractivity contribution in [3.63, 3.8) is 0 Å². The molecule has 0 saturated heterocycles. The highest BCUT2D eigenvalue weighted by atomic mass is 35.5. The van der Waals surface area contributed by atoms with Crippen LogP contribution in [0.15, 0.2) is 35.0 Å². The zero-order valence-corrected chi connectivity index (χ0v) is 11.8. The molecule has 1 N–H and O–H groups in total. The highest BCUT2D eigenvalue weighted by Gasteiger charge is 2.13. The molecule has 0 spiro atoms. The summed E-state index contributed by atoms with van der Waals surface area (Å²) in [5.41, 5.74) is 2.54. The van der Waals surface area contributed by atoms with Crippen LogP contribution in [0, 0.1) is 4.64 Å². The van der Waals surface area contributed by atoms with Gasteiger partial charge in [-0.25, -0.2) is 4.98 Å². The summed E-state index contributed by atoms with van der Waals surface area (Å²) in [5.74, 6) is 0.730. The van der Waals surface area contributed by atoms with Gasteiger partial charge in [0.25, 0.3) is 0 Å². The Balaban J connectivity index is 2.28. The van der Waals surface area contributed by atoms with Crippen molar-refractivity contribution < 1.29 is 4.42 Å². The number of benzene rings is 1. The minimum atomic E-state index is 0.600. The average molecular weight is 291 g/mol. The molecule has 0 saturated carbocycles. The Bertz CT molecular complexity index is 807.